The van der Waals surface area contributed by atoms with Crippen molar-refractivity contribution in [2.75, 3.05) is 0 Å². The summed E-state index contributed by atoms with van der Waals surface area (Å²) in [6.07, 6.45) is 0. The number of hydrogen-bond acceptors (Lipinski definition) is 4. The largest absolute Gasteiger partial charge is 0.326 e. The van der Waals surface area contributed by atoms with Crippen LogP contribution in [-0.2, 0) is 23.1 Å². The zero-order valence-corrected chi connectivity index (χ0v) is 13.6. The molecule has 0 atom stereocenters. The molecule has 0 unspecified atom stereocenters. The molecule has 4 nitrogen and oxygen atoms in total. The fourth-order valence-electron chi connectivity index (χ4n) is 1.89. The molecule has 0 saturated heterocycles. The average molecular weight is 349 g/mol. The van der Waals surface area contributed by atoms with Crippen molar-refractivity contribution in [3.8, 4) is 0 Å². The van der Waals surface area contributed by atoms with Gasteiger partial charge in [-0.1, -0.05) is 17.7 Å². The molecule has 0 saturated carbocycles. The molecule has 8 heteroatoms. The van der Waals surface area contributed by atoms with E-state index in [0.717, 1.165) is 0 Å². The molecule has 3 N–H and O–H groups in total. The lowest BCUT2D eigenvalue weighted by molar-refractivity contribution is 0.580. The Balaban J connectivity index is 2.21. The first kappa shape index (κ1) is 16.4. The van der Waals surface area contributed by atoms with E-state index >= 15 is 0 Å². The molecule has 0 spiro atoms. The molecule has 21 heavy (non-hydrogen) atoms. The van der Waals surface area contributed by atoms with Crippen LogP contribution in [0.25, 0.3) is 0 Å². The molecule has 2 aromatic rings. The Morgan fingerprint density at radius 3 is 2.76 bits per heavy atom. The molecule has 0 aliphatic carbocycles. The molecule has 0 bridgehead atoms. The lowest BCUT2D eigenvalue weighted by Gasteiger charge is -2.09. The highest BCUT2D eigenvalue weighted by Crippen LogP contribution is 2.26. The number of rotatable bonds is 5. The average Bonchev–Trinajstić information content (AvgIpc) is 2.82. The first-order chi connectivity index (χ1) is 9.85. The summed E-state index contributed by atoms with van der Waals surface area (Å²) in [6, 6.07) is 4.07. The number of nitrogens with one attached hydrogen (secondary N) is 1. The number of benzene rings is 1. The minimum absolute atomic E-state index is 0.0294. The van der Waals surface area contributed by atoms with Crippen molar-refractivity contribution in [3.63, 3.8) is 0 Å². The van der Waals surface area contributed by atoms with Crippen LogP contribution in [0.4, 0.5) is 4.39 Å². The lowest BCUT2D eigenvalue weighted by Crippen LogP contribution is -2.24. The number of sulfonamides is 1. The minimum Gasteiger partial charge on any atom is -0.326 e. The van der Waals surface area contributed by atoms with E-state index in [2.05, 4.69) is 4.72 Å². The Bertz CT molecular complexity index is 760. The summed E-state index contributed by atoms with van der Waals surface area (Å²) in [6.45, 7) is 1.91. The van der Waals surface area contributed by atoms with Crippen LogP contribution in [0.3, 0.4) is 0 Å². The first-order valence-corrected chi connectivity index (χ1v) is 8.80. The zero-order valence-electron chi connectivity index (χ0n) is 11.2. The van der Waals surface area contributed by atoms with E-state index in [1.807, 2.05) is 0 Å². The van der Waals surface area contributed by atoms with E-state index in [9.17, 15) is 12.8 Å². The number of nitrogens with two attached hydrogens (primary N) is 1. The number of aryl methyl sites for hydroxylation is 1. The van der Waals surface area contributed by atoms with E-state index in [1.165, 1.54) is 29.5 Å². The van der Waals surface area contributed by atoms with Gasteiger partial charge >= 0.3 is 0 Å². The van der Waals surface area contributed by atoms with E-state index in [1.54, 1.807) is 12.3 Å². The highest BCUT2D eigenvalue weighted by Gasteiger charge is 2.22. The van der Waals surface area contributed by atoms with Gasteiger partial charge in [0.2, 0.25) is 10.0 Å². The second-order valence-corrected chi connectivity index (χ2v) is 7.52. The van der Waals surface area contributed by atoms with Crippen LogP contribution in [-0.4, -0.2) is 8.42 Å². The Labute approximate surface area is 131 Å². The third kappa shape index (κ3) is 3.61. The van der Waals surface area contributed by atoms with E-state index in [-0.39, 0.29) is 23.0 Å². The van der Waals surface area contributed by atoms with Crippen molar-refractivity contribution in [1.29, 1.82) is 0 Å². The molecule has 1 heterocycles. The summed E-state index contributed by atoms with van der Waals surface area (Å²) >= 11 is 6.98. The first-order valence-electron chi connectivity index (χ1n) is 6.05. The molecule has 0 aliphatic heterocycles. The summed E-state index contributed by atoms with van der Waals surface area (Å²) in [7, 11) is -3.67. The monoisotopic (exact) mass is 348 g/mol. The molecule has 0 amide bonds. The van der Waals surface area contributed by atoms with Crippen molar-refractivity contribution in [2.45, 2.75) is 24.9 Å². The van der Waals surface area contributed by atoms with Gasteiger partial charge in [0.15, 0.2) is 0 Å². The standard InChI is InChI=1S/C13H14ClFN2O2S2/c1-8-7-20-12(5-16)13(8)21(18,19)17-6-9-2-3-11(15)10(14)4-9/h2-4,7,17H,5-6,16H2,1H3. The van der Waals surface area contributed by atoms with Gasteiger partial charge in [-0.15, -0.1) is 11.3 Å². The maximum absolute atomic E-state index is 13.1. The molecule has 0 radical (unpaired) electrons. The normalized spacial score (nSPS) is 11.8. The van der Waals surface area contributed by atoms with Gasteiger partial charge in [-0.05, 0) is 35.6 Å². The molecule has 0 fully saturated rings. The van der Waals surface area contributed by atoms with Gasteiger partial charge in [0.05, 0.1) is 5.02 Å². The summed E-state index contributed by atoms with van der Waals surface area (Å²) < 4.78 is 40.3. The Morgan fingerprint density at radius 2 is 2.14 bits per heavy atom. The number of hydrogen-bond donors (Lipinski definition) is 2. The van der Waals surface area contributed by atoms with Crippen molar-refractivity contribution in [2.24, 2.45) is 5.73 Å². The maximum Gasteiger partial charge on any atom is 0.242 e. The van der Waals surface area contributed by atoms with Crippen LogP contribution in [0.15, 0.2) is 28.5 Å². The zero-order chi connectivity index (χ0) is 15.6. The Hall–Kier alpha value is -0.990. The lowest BCUT2D eigenvalue weighted by atomic mass is 10.2. The van der Waals surface area contributed by atoms with Gasteiger partial charge in [0, 0.05) is 18.0 Å². The predicted molar refractivity (Wildman–Crippen MR) is 82.4 cm³/mol. The van der Waals surface area contributed by atoms with E-state index < -0.39 is 15.8 Å². The highest BCUT2D eigenvalue weighted by atomic mass is 35.5. The molecule has 114 valence electrons. The van der Waals surface area contributed by atoms with Crippen molar-refractivity contribution in [3.05, 3.63) is 50.4 Å². The second-order valence-electron chi connectivity index (χ2n) is 4.45. The quantitative estimate of drug-likeness (QED) is 0.872. The van der Waals surface area contributed by atoms with Crippen LogP contribution in [0.1, 0.15) is 16.0 Å². The SMILES string of the molecule is Cc1csc(CN)c1S(=O)(=O)NCc1ccc(F)c(Cl)c1. The van der Waals surface area contributed by atoms with Gasteiger partial charge in [-0.25, -0.2) is 17.5 Å². The van der Waals surface area contributed by atoms with Gasteiger partial charge in [-0.2, -0.15) is 0 Å². The number of halogens is 2. The summed E-state index contributed by atoms with van der Waals surface area (Å²) in [4.78, 5) is 0.834. The predicted octanol–water partition coefficient (Wildman–Crippen LogP) is 2.79. The topological polar surface area (TPSA) is 72.2 Å². The van der Waals surface area contributed by atoms with Gasteiger partial charge in [-0.3, -0.25) is 0 Å². The summed E-state index contributed by atoms with van der Waals surface area (Å²) in [5.74, 6) is -0.539. The smallest absolute Gasteiger partial charge is 0.242 e. The molecular formula is C13H14ClFN2O2S2. The maximum atomic E-state index is 13.1. The molecule has 0 aliphatic rings. The molecule has 2 rings (SSSR count). The highest BCUT2D eigenvalue weighted by molar-refractivity contribution is 7.89. The van der Waals surface area contributed by atoms with Gasteiger partial charge in [0.25, 0.3) is 0 Å². The van der Waals surface area contributed by atoms with E-state index in [4.69, 9.17) is 17.3 Å². The Morgan fingerprint density at radius 1 is 1.43 bits per heavy atom. The van der Waals surface area contributed by atoms with Crippen LogP contribution in [0.5, 0.6) is 0 Å². The van der Waals surface area contributed by atoms with Crippen LogP contribution >= 0.6 is 22.9 Å². The van der Waals surface area contributed by atoms with Crippen molar-refractivity contribution >= 4 is 33.0 Å². The molecule has 1 aromatic carbocycles. The van der Waals surface area contributed by atoms with Crippen molar-refractivity contribution < 1.29 is 12.8 Å². The number of thiophene rings is 1. The van der Waals surface area contributed by atoms with Gasteiger partial charge in [0.1, 0.15) is 10.7 Å². The molecule has 1 aromatic heterocycles. The fourth-order valence-corrected chi connectivity index (χ4v) is 4.81. The summed E-state index contributed by atoms with van der Waals surface area (Å²) in [5.41, 5.74) is 6.80. The Kier molecular flexibility index (Phi) is 5.00. The van der Waals surface area contributed by atoms with Gasteiger partial charge < -0.3 is 5.73 Å². The minimum atomic E-state index is -3.67. The van der Waals surface area contributed by atoms with Crippen molar-refractivity contribution in [1.82, 2.24) is 4.72 Å². The third-order valence-electron chi connectivity index (χ3n) is 2.89. The third-order valence-corrected chi connectivity index (χ3v) is 6.07. The second kappa shape index (κ2) is 6.41. The molecular weight excluding hydrogens is 335 g/mol. The summed E-state index contributed by atoms with van der Waals surface area (Å²) in [5, 5.41) is 1.71. The fraction of sp³-hybridized carbons (Fsp3) is 0.231. The van der Waals surface area contributed by atoms with Crippen LogP contribution < -0.4 is 10.5 Å². The van der Waals surface area contributed by atoms with E-state index in [0.29, 0.717) is 16.0 Å². The van der Waals surface area contributed by atoms with Crippen LogP contribution in [0, 0.1) is 12.7 Å². The van der Waals surface area contributed by atoms with Crippen LogP contribution in [0.2, 0.25) is 5.02 Å².